The third-order valence-corrected chi connectivity index (χ3v) is 2.36. The molecule has 1 N–H and O–H groups in total. The minimum atomic E-state index is 0.699. The molecule has 2 rings (SSSR count). The third-order valence-electron chi connectivity index (χ3n) is 2.36. The first kappa shape index (κ1) is 9.99. The number of hydrogen-bond acceptors (Lipinski definition) is 2. The Morgan fingerprint density at radius 2 is 1.87 bits per heavy atom. The molecule has 0 radical (unpaired) electrons. The van der Waals surface area contributed by atoms with Gasteiger partial charge in [0.05, 0.1) is 0 Å². The Bertz CT molecular complexity index is 434. The van der Waals surface area contributed by atoms with Gasteiger partial charge in [0.2, 0.25) is 0 Å². The van der Waals surface area contributed by atoms with Gasteiger partial charge < -0.3 is 10.1 Å². The van der Waals surface area contributed by atoms with Crippen LogP contribution in [0.25, 0.3) is 10.8 Å². The summed E-state index contributed by atoms with van der Waals surface area (Å²) in [5, 5.41) is 5.46. The zero-order chi connectivity index (χ0) is 10.5. The van der Waals surface area contributed by atoms with Gasteiger partial charge in [-0.2, -0.15) is 0 Å². The highest BCUT2D eigenvalue weighted by atomic mass is 16.5. The molecule has 0 aliphatic heterocycles. The second kappa shape index (κ2) is 4.80. The first-order valence-corrected chi connectivity index (χ1v) is 5.17. The maximum Gasteiger partial charge on any atom is 0.127 e. The van der Waals surface area contributed by atoms with Crippen LogP contribution in [-0.2, 0) is 0 Å². The van der Waals surface area contributed by atoms with E-state index in [-0.39, 0.29) is 0 Å². The average Bonchev–Trinajstić information content (AvgIpc) is 2.30. The first-order valence-electron chi connectivity index (χ1n) is 5.17. The lowest BCUT2D eigenvalue weighted by atomic mass is 10.1. The van der Waals surface area contributed by atoms with E-state index < -0.39 is 0 Å². The molecule has 0 saturated carbocycles. The van der Waals surface area contributed by atoms with Crippen molar-refractivity contribution in [3.05, 3.63) is 42.5 Å². The Hall–Kier alpha value is -1.54. The van der Waals surface area contributed by atoms with Gasteiger partial charge in [-0.3, -0.25) is 0 Å². The van der Waals surface area contributed by atoms with Crippen LogP contribution in [0.2, 0.25) is 0 Å². The van der Waals surface area contributed by atoms with Gasteiger partial charge in [0.1, 0.15) is 12.4 Å². The zero-order valence-corrected chi connectivity index (χ0v) is 8.86. The molecule has 0 amide bonds. The van der Waals surface area contributed by atoms with Crippen LogP contribution >= 0.6 is 0 Å². The molecule has 2 heteroatoms. The number of nitrogens with one attached hydrogen (secondary N) is 1. The minimum Gasteiger partial charge on any atom is -0.492 e. The Labute approximate surface area is 89.9 Å². The fourth-order valence-electron chi connectivity index (χ4n) is 1.58. The van der Waals surface area contributed by atoms with Crippen LogP contribution in [0.5, 0.6) is 5.75 Å². The molecule has 0 atom stereocenters. The summed E-state index contributed by atoms with van der Waals surface area (Å²) in [6.07, 6.45) is 0. The summed E-state index contributed by atoms with van der Waals surface area (Å²) in [6, 6.07) is 14.4. The van der Waals surface area contributed by atoms with E-state index in [0.29, 0.717) is 6.61 Å². The summed E-state index contributed by atoms with van der Waals surface area (Å²) in [7, 11) is 1.92. The topological polar surface area (TPSA) is 21.3 Å². The normalized spacial score (nSPS) is 10.5. The predicted octanol–water partition coefficient (Wildman–Crippen LogP) is 2.44. The highest BCUT2D eigenvalue weighted by molar-refractivity contribution is 5.88. The van der Waals surface area contributed by atoms with Gasteiger partial charge in [0.25, 0.3) is 0 Å². The summed E-state index contributed by atoms with van der Waals surface area (Å²) in [5.41, 5.74) is 0. The van der Waals surface area contributed by atoms with E-state index in [4.69, 9.17) is 4.74 Å². The largest absolute Gasteiger partial charge is 0.492 e. The third kappa shape index (κ3) is 2.28. The van der Waals surface area contributed by atoms with Crippen molar-refractivity contribution in [3.8, 4) is 5.75 Å². The van der Waals surface area contributed by atoms with Crippen molar-refractivity contribution >= 4 is 10.8 Å². The Kier molecular flexibility index (Phi) is 3.20. The lowest BCUT2D eigenvalue weighted by Gasteiger charge is -2.08. The van der Waals surface area contributed by atoms with Crippen LogP contribution in [0.4, 0.5) is 0 Å². The van der Waals surface area contributed by atoms with Crippen LogP contribution in [0.1, 0.15) is 0 Å². The van der Waals surface area contributed by atoms with Crippen molar-refractivity contribution in [1.82, 2.24) is 5.32 Å². The van der Waals surface area contributed by atoms with Crippen molar-refractivity contribution < 1.29 is 4.74 Å². The van der Waals surface area contributed by atoms with Crippen molar-refractivity contribution in [3.63, 3.8) is 0 Å². The molecule has 0 bridgehead atoms. The van der Waals surface area contributed by atoms with Crippen LogP contribution in [0.15, 0.2) is 42.5 Å². The van der Waals surface area contributed by atoms with E-state index in [1.54, 1.807) is 0 Å². The van der Waals surface area contributed by atoms with E-state index in [1.165, 1.54) is 10.8 Å². The number of benzene rings is 2. The molecular weight excluding hydrogens is 186 g/mol. The second-order valence-electron chi connectivity index (χ2n) is 3.43. The van der Waals surface area contributed by atoms with Gasteiger partial charge in [-0.1, -0.05) is 36.4 Å². The number of rotatable bonds is 4. The molecule has 0 aliphatic carbocycles. The lowest BCUT2D eigenvalue weighted by Crippen LogP contribution is -2.15. The standard InChI is InChI=1S/C13H15NO/c1-14-9-10-15-13-8-4-6-11-5-2-3-7-12(11)13/h2-8,14H,9-10H2,1H3. The highest BCUT2D eigenvalue weighted by Crippen LogP contribution is 2.24. The van der Waals surface area contributed by atoms with Crippen LogP contribution in [0.3, 0.4) is 0 Å². The first-order chi connectivity index (χ1) is 7.42. The highest BCUT2D eigenvalue weighted by Gasteiger charge is 1.99. The molecule has 0 fully saturated rings. The van der Waals surface area contributed by atoms with Gasteiger partial charge in [-0.05, 0) is 18.5 Å². The fourth-order valence-corrected chi connectivity index (χ4v) is 1.58. The van der Waals surface area contributed by atoms with Crippen molar-refractivity contribution in [2.24, 2.45) is 0 Å². The maximum absolute atomic E-state index is 5.70. The van der Waals surface area contributed by atoms with Gasteiger partial charge in [-0.15, -0.1) is 0 Å². The van der Waals surface area contributed by atoms with E-state index in [0.717, 1.165) is 12.3 Å². The van der Waals surface area contributed by atoms with Gasteiger partial charge in [0.15, 0.2) is 0 Å². The van der Waals surface area contributed by atoms with Gasteiger partial charge in [-0.25, -0.2) is 0 Å². The quantitative estimate of drug-likeness (QED) is 0.767. The van der Waals surface area contributed by atoms with Crippen molar-refractivity contribution in [2.45, 2.75) is 0 Å². The van der Waals surface area contributed by atoms with E-state index in [9.17, 15) is 0 Å². The molecule has 0 heterocycles. The molecule has 0 spiro atoms. The summed E-state index contributed by atoms with van der Waals surface area (Å²) < 4.78 is 5.70. The minimum absolute atomic E-state index is 0.699. The fraction of sp³-hybridized carbons (Fsp3) is 0.231. The SMILES string of the molecule is CNCCOc1cccc2ccccc12. The molecule has 2 nitrogen and oxygen atoms in total. The Morgan fingerprint density at radius 1 is 1.07 bits per heavy atom. The summed E-state index contributed by atoms with van der Waals surface area (Å²) >= 11 is 0. The maximum atomic E-state index is 5.70. The Morgan fingerprint density at radius 3 is 2.73 bits per heavy atom. The van der Waals surface area contributed by atoms with E-state index >= 15 is 0 Å². The molecule has 0 unspecified atom stereocenters. The van der Waals surface area contributed by atoms with Crippen LogP contribution in [-0.4, -0.2) is 20.2 Å². The zero-order valence-electron chi connectivity index (χ0n) is 8.86. The molecular formula is C13H15NO. The van der Waals surface area contributed by atoms with Crippen LogP contribution < -0.4 is 10.1 Å². The second-order valence-corrected chi connectivity index (χ2v) is 3.43. The van der Waals surface area contributed by atoms with Crippen molar-refractivity contribution in [2.75, 3.05) is 20.2 Å². The van der Waals surface area contributed by atoms with Crippen LogP contribution in [0, 0.1) is 0 Å². The van der Waals surface area contributed by atoms with E-state index in [2.05, 4.69) is 23.5 Å². The van der Waals surface area contributed by atoms with Gasteiger partial charge >= 0.3 is 0 Å². The predicted molar refractivity (Wildman–Crippen MR) is 63.4 cm³/mol. The number of fused-ring (bicyclic) bond motifs is 1. The van der Waals surface area contributed by atoms with Gasteiger partial charge in [0, 0.05) is 11.9 Å². The summed E-state index contributed by atoms with van der Waals surface area (Å²) in [5.74, 6) is 0.961. The number of ether oxygens (including phenoxy) is 1. The average molecular weight is 201 g/mol. The number of hydrogen-bond donors (Lipinski definition) is 1. The molecule has 15 heavy (non-hydrogen) atoms. The number of likely N-dealkylation sites (N-methyl/N-ethyl adjacent to an activating group) is 1. The molecule has 2 aromatic carbocycles. The molecule has 2 aromatic rings. The smallest absolute Gasteiger partial charge is 0.127 e. The Balaban J connectivity index is 2.26. The lowest BCUT2D eigenvalue weighted by molar-refractivity contribution is 0.322. The summed E-state index contributed by atoms with van der Waals surface area (Å²) in [6.45, 7) is 1.56. The monoisotopic (exact) mass is 201 g/mol. The summed E-state index contributed by atoms with van der Waals surface area (Å²) in [4.78, 5) is 0. The molecule has 78 valence electrons. The molecule has 0 saturated heterocycles. The van der Waals surface area contributed by atoms with E-state index in [1.807, 2.05) is 31.3 Å². The van der Waals surface area contributed by atoms with Crippen molar-refractivity contribution in [1.29, 1.82) is 0 Å². The molecule has 0 aliphatic rings. The molecule has 0 aromatic heterocycles.